The summed E-state index contributed by atoms with van der Waals surface area (Å²) in [5.41, 5.74) is 3.22. The lowest BCUT2D eigenvalue weighted by atomic mass is 9.84. The maximum absolute atomic E-state index is 10.9. The van der Waals surface area contributed by atoms with Gasteiger partial charge in [-0.05, 0) is 50.1 Å². The van der Waals surface area contributed by atoms with Gasteiger partial charge >= 0.3 is 0 Å². The summed E-state index contributed by atoms with van der Waals surface area (Å²) in [6.45, 7) is 3.37. The molecule has 0 amide bonds. The van der Waals surface area contributed by atoms with Crippen molar-refractivity contribution < 1.29 is 4.92 Å². The minimum Gasteiger partial charge on any atom is -0.357 e. The van der Waals surface area contributed by atoms with E-state index in [9.17, 15) is 10.1 Å². The number of rotatable bonds is 4. The van der Waals surface area contributed by atoms with Gasteiger partial charge in [0.2, 0.25) is 0 Å². The highest BCUT2D eigenvalue weighted by molar-refractivity contribution is 7.80. The van der Waals surface area contributed by atoms with Crippen LogP contribution in [0.25, 0.3) is 0 Å². The van der Waals surface area contributed by atoms with Crippen LogP contribution in [0.2, 0.25) is 0 Å². The summed E-state index contributed by atoms with van der Waals surface area (Å²) in [5.74, 6) is 0.666. The second-order valence-corrected chi connectivity index (χ2v) is 6.31. The summed E-state index contributed by atoms with van der Waals surface area (Å²) in [6, 6.07) is 6.82. The van der Waals surface area contributed by atoms with Crippen molar-refractivity contribution in [3.05, 3.63) is 39.9 Å². The predicted octanol–water partition coefficient (Wildman–Crippen LogP) is 1.49. The normalized spacial score (nSPS) is 26.2. The number of nitrogens with zero attached hydrogens (tertiary/aromatic N) is 3. The van der Waals surface area contributed by atoms with Crippen LogP contribution in [0.4, 0.5) is 5.69 Å². The van der Waals surface area contributed by atoms with Crippen molar-refractivity contribution in [2.24, 2.45) is 11.0 Å². The number of hydrogen-bond acceptors (Lipinski definition) is 5. The van der Waals surface area contributed by atoms with E-state index in [0.29, 0.717) is 22.6 Å². The van der Waals surface area contributed by atoms with E-state index < -0.39 is 4.92 Å². The molecule has 7 nitrogen and oxygen atoms in total. The maximum Gasteiger partial charge on any atom is 0.278 e. The molecule has 0 spiro atoms. The molecule has 4 rings (SSSR count). The quantitative estimate of drug-likeness (QED) is 0.376. The molecule has 2 N–H and O–H groups in total. The molecule has 2 bridgehead atoms. The summed E-state index contributed by atoms with van der Waals surface area (Å²) < 4.78 is 0. The van der Waals surface area contributed by atoms with Crippen molar-refractivity contribution in [3.63, 3.8) is 0 Å². The molecule has 0 aromatic heterocycles. The summed E-state index contributed by atoms with van der Waals surface area (Å²) in [6.07, 6.45) is 3.84. The zero-order chi connectivity index (χ0) is 16.2. The summed E-state index contributed by atoms with van der Waals surface area (Å²) in [5, 5.41) is 18.7. The van der Waals surface area contributed by atoms with Gasteiger partial charge in [-0.25, -0.2) is 0 Å². The predicted molar refractivity (Wildman–Crippen MR) is 92.5 cm³/mol. The number of hydrazone groups is 1. The first-order valence-electron chi connectivity index (χ1n) is 7.69. The van der Waals surface area contributed by atoms with Gasteiger partial charge in [0.1, 0.15) is 0 Å². The Morgan fingerprint density at radius 1 is 1.39 bits per heavy atom. The van der Waals surface area contributed by atoms with Gasteiger partial charge in [0.05, 0.1) is 16.7 Å². The minimum absolute atomic E-state index is 0.0225. The molecular weight excluding hydrogens is 314 g/mol. The Labute approximate surface area is 139 Å². The third kappa shape index (κ3) is 3.83. The van der Waals surface area contributed by atoms with Crippen LogP contribution in [0.5, 0.6) is 0 Å². The summed E-state index contributed by atoms with van der Waals surface area (Å²) in [7, 11) is 0. The molecular formula is C15H19N5O2S. The van der Waals surface area contributed by atoms with Gasteiger partial charge in [-0.1, -0.05) is 12.1 Å². The third-order valence-electron chi connectivity index (χ3n) is 4.48. The fraction of sp³-hybridized carbons (Fsp3) is 0.467. The highest BCUT2D eigenvalue weighted by atomic mass is 32.1. The fourth-order valence-electron chi connectivity index (χ4n) is 3.25. The van der Waals surface area contributed by atoms with Crippen molar-refractivity contribution >= 4 is 29.2 Å². The van der Waals surface area contributed by atoms with E-state index in [1.807, 2.05) is 0 Å². The zero-order valence-corrected chi connectivity index (χ0v) is 13.5. The van der Waals surface area contributed by atoms with Crippen LogP contribution in [0, 0.1) is 16.0 Å². The topological polar surface area (TPSA) is 82.8 Å². The molecule has 0 aliphatic carbocycles. The first-order valence-corrected chi connectivity index (χ1v) is 8.09. The molecule has 8 heteroatoms. The Bertz CT molecular complexity index is 628. The molecule has 0 radical (unpaired) electrons. The van der Waals surface area contributed by atoms with Gasteiger partial charge in [0, 0.05) is 18.7 Å². The number of hydrogen-bond donors (Lipinski definition) is 2. The summed E-state index contributed by atoms with van der Waals surface area (Å²) in [4.78, 5) is 13.0. The van der Waals surface area contributed by atoms with Crippen LogP contribution >= 0.6 is 12.2 Å². The lowest BCUT2D eigenvalue weighted by Gasteiger charge is -2.45. The zero-order valence-electron chi connectivity index (χ0n) is 12.6. The van der Waals surface area contributed by atoms with E-state index in [2.05, 4.69) is 20.7 Å². The molecule has 3 aliphatic rings. The average molecular weight is 333 g/mol. The molecule has 1 aromatic rings. The lowest BCUT2D eigenvalue weighted by molar-refractivity contribution is -0.385. The van der Waals surface area contributed by atoms with Gasteiger partial charge in [-0.15, -0.1) is 0 Å². The second-order valence-electron chi connectivity index (χ2n) is 5.90. The van der Waals surface area contributed by atoms with E-state index in [1.54, 1.807) is 18.2 Å². The molecule has 1 aromatic carbocycles. The third-order valence-corrected chi connectivity index (χ3v) is 4.68. The van der Waals surface area contributed by atoms with Crippen LogP contribution in [0.1, 0.15) is 18.4 Å². The minimum atomic E-state index is -0.425. The van der Waals surface area contributed by atoms with Crippen molar-refractivity contribution in [2.45, 2.75) is 18.9 Å². The van der Waals surface area contributed by atoms with Crippen molar-refractivity contribution in [1.29, 1.82) is 0 Å². The van der Waals surface area contributed by atoms with E-state index in [-0.39, 0.29) is 5.69 Å². The summed E-state index contributed by atoms with van der Waals surface area (Å²) >= 11 is 5.26. The Kier molecular flexibility index (Phi) is 4.82. The second kappa shape index (κ2) is 7.01. The molecule has 3 fully saturated rings. The van der Waals surface area contributed by atoms with Crippen LogP contribution in [-0.4, -0.2) is 46.8 Å². The van der Waals surface area contributed by atoms with E-state index in [0.717, 1.165) is 6.54 Å². The maximum atomic E-state index is 10.9. The smallest absolute Gasteiger partial charge is 0.278 e. The molecule has 3 saturated heterocycles. The number of nitro groups is 1. The SMILES string of the molecule is O=[N+]([O-])c1ccccc1/C=N\NC(=S)NC1CN2CCC1CC2. The van der Waals surface area contributed by atoms with Crippen LogP contribution < -0.4 is 10.7 Å². The number of para-hydroxylation sites is 1. The van der Waals surface area contributed by atoms with E-state index >= 15 is 0 Å². The largest absolute Gasteiger partial charge is 0.357 e. The number of nitro benzene ring substituents is 1. The van der Waals surface area contributed by atoms with Crippen LogP contribution in [0.3, 0.4) is 0 Å². The number of piperidine rings is 3. The fourth-order valence-corrected chi connectivity index (χ4v) is 3.46. The number of thiocarbonyl (C=S) groups is 1. The Morgan fingerprint density at radius 2 is 2.13 bits per heavy atom. The van der Waals surface area contributed by atoms with Gasteiger partial charge in [0.15, 0.2) is 5.11 Å². The lowest BCUT2D eigenvalue weighted by Crippen LogP contribution is -2.58. The van der Waals surface area contributed by atoms with E-state index in [1.165, 1.54) is 38.2 Å². The molecule has 1 unspecified atom stereocenters. The molecule has 0 saturated carbocycles. The van der Waals surface area contributed by atoms with E-state index in [4.69, 9.17) is 12.2 Å². The molecule has 1 atom stereocenters. The Hall–Kier alpha value is -2.06. The number of fused-ring (bicyclic) bond motifs is 3. The number of benzene rings is 1. The Morgan fingerprint density at radius 3 is 2.78 bits per heavy atom. The standard InChI is InChI=1S/C15H19N5O2S/c21-20(22)14-4-2-1-3-12(14)9-16-18-15(23)17-13-10-19-7-5-11(13)6-8-19/h1-4,9,11,13H,5-8,10H2,(H2,17,18,23)/b16-9-. The molecule has 3 aliphatic heterocycles. The first kappa shape index (κ1) is 15.8. The van der Waals surface area contributed by atoms with Gasteiger partial charge in [0.25, 0.3) is 5.69 Å². The van der Waals surface area contributed by atoms with Crippen molar-refractivity contribution in [1.82, 2.24) is 15.6 Å². The number of nitrogens with one attached hydrogen (secondary N) is 2. The van der Waals surface area contributed by atoms with Crippen LogP contribution in [0.15, 0.2) is 29.4 Å². The highest BCUT2D eigenvalue weighted by Gasteiger charge is 2.34. The van der Waals surface area contributed by atoms with Gasteiger partial charge in [-0.3, -0.25) is 15.5 Å². The average Bonchev–Trinajstić information content (AvgIpc) is 2.56. The van der Waals surface area contributed by atoms with Crippen molar-refractivity contribution in [2.75, 3.05) is 19.6 Å². The van der Waals surface area contributed by atoms with Gasteiger partial charge < -0.3 is 10.2 Å². The molecule has 122 valence electrons. The highest BCUT2D eigenvalue weighted by Crippen LogP contribution is 2.27. The molecule has 23 heavy (non-hydrogen) atoms. The Balaban J connectivity index is 1.54. The van der Waals surface area contributed by atoms with Crippen LogP contribution in [-0.2, 0) is 0 Å². The van der Waals surface area contributed by atoms with Gasteiger partial charge in [-0.2, -0.15) is 5.10 Å². The van der Waals surface area contributed by atoms with Crippen molar-refractivity contribution in [3.8, 4) is 0 Å². The first-order chi connectivity index (χ1) is 11.1. The monoisotopic (exact) mass is 333 g/mol. The molecule has 3 heterocycles.